The molecule has 1 aromatic rings. The van der Waals surface area contributed by atoms with Crippen molar-refractivity contribution in [1.29, 1.82) is 0 Å². The molecule has 126 valence electrons. The van der Waals surface area contributed by atoms with Crippen LogP contribution in [0.2, 0.25) is 0 Å². The molecule has 1 atom stereocenters. The van der Waals surface area contributed by atoms with E-state index in [1.165, 1.54) is 18.2 Å². The average Bonchev–Trinajstić information content (AvgIpc) is 3.03. The van der Waals surface area contributed by atoms with Crippen LogP contribution in [0.25, 0.3) is 0 Å². The second-order valence-electron chi connectivity index (χ2n) is 6.80. The molecule has 2 N–H and O–H groups in total. The van der Waals surface area contributed by atoms with Crippen molar-refractivity contribution >= 4 is 5.91 Å². The molecule has 1 saturated heterocycles. The Bertz CT molecular complexity index is 544. The monoisotopic (exact) mass is 322 g/mol. The Labute approximate surface area is 135 Å². The number of piperidine rings is 1. The van der Waals surface area contributed by atoms with Crippen LogP contribution in [0.1, 0.15) is 50.5 Å². The van der Waals surface area contributed by atoms with E-state index in [-0.39, 0.29) is 17.5 Å². The fourth-order valence-corrected chi connectivity index (χ4v) is 4.03. The van der Waals surface area contributed by atoms with Gasteiger partial charge in [-0.15, -0.1) is 0 Å². The van der Waals surface area contributed by atoms with Crippen LogP contribution >= 0.6 is 0 Å². The van der Waals surface area contributed by atoms with Crippen LogP contribution in [-0.2, 0) is 10.2 Å². The smallest absolute Gasteiger partial charge is 0.237 e. The predicted octanol–water partition coefficient (Wildman–Crippen LogP) is 3.03. The van der Waals surface area contributed by atoms with E-state index in [0.717, 1.165) is 38.6 Å². The van der Waals surface area contributed by atoms with Crippen LogP contribution in [0, 0.1) is 11.6 Å². The summed E-state index contributed by atoms with van der Waals surface area (Å²) in [5, 5.41) is 6.16. The first-order chi connectivity index (χ1) is 11.1. The molecule has 5 heteroatoms. The molecule has 1 saturated carbocycles. The van der Waals surface area contributed by atoms with Gasteiger partial charge in [0.2, 0.25) is 5.91 Å². The Morgan fingerprint density at radius 1 is 1.17 bits per heavy atom. The molecule has 1 aromatic carbocycles. The molecule has 3 nitrogen and oxygen atoms in total. The van der Waals surface area contributed by atoms with Gasteiger partial charge in [-0.25, -0.2) is 8.78 Å². The first-order valence-electron chi connectivity index (χ1n) is 8.58. The second-order valence-corrected chi connectivity index (χ2v) is 6.80. The lowest BCUT2D eigenvalue weighted by molar-refractivity contribution is -0.123. The number of amides is 1. The molecule has 0 spiro atoms. The standard InChI is InChI=1S/C18H24F2N2O/c19-13-6-5-7-14(20)16(13)18(9-2-3-10-18)12-22-17(23)15-8-1-4-11-21-15/h5-7,15,21H,1-4,8-12H2,(H,22,23). The van der Waals surface area contributed by atoms with Gasteiger partial charge in [0.25, 0.3) is 0 Å². The second kappa shape index (κ2) is 6.95. The van der Waals surface area contributed by atoms with Gasteiger partial charge in [-0.05, 0) is 44.4 Å². The highest BCUT2D eigenvalue weighted by Crippen LogP contribution is 2.42. The maximum absolute atomic E-state index is 14.3. The lowest BCUT2D eigenvalue weighted by Crippen LogP contribution is -2.50. The van der Waals surface area contributed by atoms with Gasteiger partial charge in [-0.2, -0.15) is 0 Å². The Hall–Kier alpha value is -1.49. The van der Waals surface area contributed by atoms with E-state index in [1.54, 1.807) is 0 Å². The van der Waals surface area contributed by atoms with Gasteiger partial charge in [0.15, 0.2) is 0 Å². The zero-order valence-corrected chi connectivity index (χ0v) is 13.3. The van der Waals surface area contributed by atoms with Crippen molar-refractivity contribution in [3.8, 4) is 0 Å². The highest BCUT2D eigenvalue weighted by atomic mass is 19.1. The molecular formula is C18H24F2N2O. The lowest BCUT2D eigenvalue weighted by atomic mass is 9.78. The molecule has 1 amide bonds. The normalized spacial score (nSPS) is 23.7. The van der Waals surface area contributed by atoms with Gasteiger partial charge in [-0.1, -0.05) is 25.3 Å². The molecule has 1 aliphatic heterocycles. The summed E-state index contributed by atoms with van der Waals surface area (Å²) in [7, 11) is 0. The Morgan fingerprint density at radius 2 is 1.87 bits per heavy atom. The predicted molar refractivity (Wildman–Crippen MR) is 85.2 cm³/mol. The van der Waals surface area contributed by atoms with Crippen molar-refractivity contribution in [1.82, 2.24) is 10.6 Å². The van der Waals surface area contributed by atoms with E-state index < -0.39 is 17.0 Å². The van der Waals surface area contributed by atoms with Crippen molar-refractivity contribution in [3.05, 3.63) is 35.4 Å². The summed E-state index contributed by atoms with van der Waals surface area (Å²) in [5.41, 5.74) is -0.464. The minimum Gasteiger partial charge on any atom is -0.354 e. The fourth-order valence-electron chi connectivity index (χ4n) is 4.03. The van der Waals surface area contributed by atoms with Crippen molar-refractivity contribution in [2.75, 3.05) is 13.1 Å². The van der Waals surface area contributed by atoms with Crippen LogP contribution in [0.5, 0.6) is 0 Å². The van der Waals surface area contributed by atoms with E-state index in [9.17, 15) is 13.6 Å². The number of hydrogen-bond acceptors (Lipinski definition) is 2. The highest BCUT2D eigenvalue weighted by molar-refractivity contribution is 5.81. The summed E-state index contributed by atoms with van der Waals surface area (Å²) in [6, 6.07) is 3.83. The van der Waals surface area contributed by atoms with Crippen molar-refractivity contribution in [3.63, 3.8) is 0 Å². The van der Waals surface area contributed by atoms with Crippen LogP contribution in [0.15, 0.2) is 18.2 Å². The highest BCUT2D eigenvalue weighted by Gasteiger charge is 2.40. The summed E-state index contributed by atoms with van der Waals surface area (Å²) < 4.78 is 28.5. The molecular weight excluding hydrogens is 298 g/mol. The third-order valence-electron chi connectivity index (χ3n) is 5.28. The minimum atomic E-state index is -0.611. The van der Waals surface area contributed by atoms with E-state index in [0.29, 0.717) is 19.4 Å². The first-order valence-corrected chi connectivity index (χ1v) is 8.58. The first kappa shape index (κ1) is 16.4. The third kappa shape index (κ3) is 3.39. The number of halogens is 2. The topological polar surface area (TPSA) is 41.1 Å². The zero-order valence-electron chi connectivity index (χ0n) is 13.3. The molecule has 23 heavy (non-hydrogen) atoms. The van der Waals surface area contributed by atoms with E-state index >= 15 is 0 Å². The molecule has 1 unspecified atom stereocenters. The molecule has 1 aliphatic carbocycles. The average molecular weight is 322 g/mol. The number of benzene rings is 1. The summed E-state index contributed by atoms with van der Waals surface area (Å²) >= 11 is 0. The largest absolute Gasteiger partial charge is 0.354 e. The van der Waals surface area contributed by atoms with Crippen molar-refractivity contribution < 1.29 is 13.6 Å². The summed E-state index contributed by atoms with van der Waals surface area (Å²) in [5.74, 6) is -1.05. The van der Waals surface area contributed by atoms with Gasteiger partial charge < -0.3 is 10.6 Å². The van der Waals surface area contributed by atoms with E-state index in [4.69, 9.17) is 0 Å². The van der Waals surface area contributed by atoms with Crippen LogP contribution in [0.3, 0.4) is 0 Å². The van der Waals surface area contributed by atoms with Crippen LogP contribution in [0.4, 0.5) is 8.78 Å². The van der Waals surface area contributed by atoms with Crippen LogP contribution < -0.4 is 10.6 Å². The van der Waals surface area contributed by atoms with Gasteiger partial charge in [0.05, 0.1) is 6.04 Å². The maximum atomic E-state index is 14.3. The Balaban J connectivity index is 1.75. The van der Waals surface area contributed by atoms with Gasteiger partial charge in [-0.3, -0.25) is 4.79 Å². The number of nitrogens with one attached hydrogen (secondary N) is 2. The third-order valence-corrected chi connectivity index (χ3v) is 5.28. The van der Waals surface area contributed by atoms with Crippen molar-refractivity contribution in [2.45, 2.75) is 56.4 Å². The summed E-state index contributed by atoms with van der Waals surface area (Å²) in [6.07, 6.45) is 6.25. The van der Waals surface area contributed by atoms with Gasteiger partial charge >= 0.3 is 0 Å². The summed E-state index contributed by atoms with van der Waals surface area (Å²) in [6.45, 7) is 1.16. The minimum absolute atomic E-state index is 0.0484. The van der Waals surface area contributed by atoms with Gasteiger partial charge in [0.1, 0.15) is 11.6 Å². The maximum Gasteiger partial charge on any atom is 0.237 e. The zero-order chi connectivity index (χ0) is 16.3. The lowest BCUT2D eigenvalue weighted by Gasteiger charge is -2.32. The van der Waals surface area contributed by atoms with E-state index in [1.807, 2.05) is 0 Å². The quantitative estimate of drug-likeness (QED) is 0.894. The number of carbonyl (C=O) groups excluding carboxylic acids is 1. The Morgan fingerprint density at radius 3 is 2.48 bits per heavy atom. The fraction of sp³-hybridized carbons (Fsp3) is 0.611. The van der Waals surface area contributed by atoms with Gasteiger partial charge in [0, 0.05) is 17.5 Å². The number of hydrogen-bond donors (Lipinski definition) is 2. The molecule has 2 aliphatic rings. The molecule has 0 aromatic heterocycles. The molecule has 0 radical (unpaired) electrons. The summed E-state index contributed by atoms with van der Waals surface area (Å²) in [4.78, 5) is 12.3. The van der Waals surface area contributed by atoms with Crippen LogP contribution in [-0.4, -0.2) is 25.0 Å². The number of rotatable bonds is 4. The van der Waals surface area contributed by atoms with Crippen molar-refractivity contribution in [2.24, 2.45) is 0 Å². The molecule has 3 rings (SSSR count). The molecule has 0 bridgehead atoms. The van der Waals surface area contributed by atoms with E-state index in [2.05, 4.69) is 10.6 Å². The molecule has 1 heterocycles. The Kier molecular flexibility index (Phi) is 4.95. The number of carbonyl (C=O) groups is 1. The molecule has 2 fully saturated rings. The SMILES string of the molecule is O=C(NCC1(c2c(F)cccc2F)CCCC1)C1CCCCN1.